The summed E-state index contributed by atoms with van der Waals surface area (Å²) < 4.78 is 17.0. The number of hydrogen-bond donors (Lipinski definition) is 1. The maximum Gasteiger partial charge on any atom is 0.326 e. The number of rotatable bonds is 10. The molecule has 0 saturated carbocycles. The molecule has 11 heteroatoms. The van der Waals surface area contributed by atoms with E-state index in [0.29, 0.717) is 29.2 Å². The van der Waals surface area contributed by atoms with Crippen molar-refractivity contribution in [1.82, 2.24) is 4.90 Å². The molecule has 2 aromatic carbocycles. The molecule has 1 fully saturated rings. The van der Waals surface area contributed by atoms with Gasteiger partial charge < -0.3 is 19.5 Å². The Morgan fingerprint density at radius 3 is 2.53 bits per heavy atom. The number of carbonyl (C=O) groups excluding carboxylic acids is 4. The largest absolute Gasteiger partial charge is 0.493 e. The first-order chi connectivity index (χ1) is 18.0. The normalized spacial score (nSPS) is 15.0. The molecule has 2 aromatic rings. The number of carbonyl (C=O) groups is 4. The van der Waals surface area contributed by atoms with Gasteiger partial charge in [0.05, 0.1) is 23.8 Å². The number of amides is 3. The summed E-state index contributed by atoms with van der Waals surface area (Å²) in [7, 11) is 1.45. The maximum absolute atomic E-state index is 12.7. The number of nitrogens with zero attached hydrogens (tertiary/aromatic N) is 1. The Morgan fingerprint density at radius 1 is 1.13 bits per heavy atom. The standard InChI is InChI=1S/C27H29BrN2O7S/c1-6-17(4)37-25(32)13-30-26(33)23(38-27(30)34)12-18-7-8-21(22(11-18)35-5)36-14-24(31)29-20-10-16(3)15(2)9-19(20)28/h7-12,17H,6,13-14H2,1-5H3,(H,29,31)/b23-12+/t17-/m0/s1. The number of hydrogen-bond acceptors (Lipinski definition) is 8. The van der Waals surface area contributed by atoms with E-state index in [1.54, 1.807) is 25.1 Å². The van der Waals surface area contributed by atoms with Crippen molar-refractivity contribution in [2.75, 3.05) is 25.6 Å². The molecule has 0 spiro atoms. The molecule has 1 N–H and O–H groups in total. The number of imide groups is 1. The molecule has 1 saturated heterocycles. The van der Waals surface area contributed by atoms with E-state index in [4.69, 9.17) is 14.2 Å². The molecule has 3 rings (SSSR count). The van der Waals surface area contributed by atoms with Crippen LogP contribution >= 0.6 is 27.7 Å². The van der Waals surface area contributed by atoms with Crippen LogP contribution in [0.15, 0.2) is 39.7 Å². The monoisotopic (exact) mass is 604 g/mol. The first kappa shape index (κ1) is 29.2. The predicted octanol–water partition coefficient (Wildman–Crippen LogP) is 5.47. The highest BCUT2D eigenvalue weighted by Gasteiger charge is 2.37. The second-order valence-corrected chi connectivity index (χ2v) is 10.5. The van der Waals surface area contributed by atoms with Gasteiger partial charge in [0, 0.05) is 4.47 Å². The van der Waals surface area contributed by atoms with Crippen molar-refractivity contribution in [3.63, 3.8) is 0 Å². The maximum atomic E-state index is 12.7. The molecule has 1 aliphatic heterocycles. The van der Waals surface area contributed by atoms with Crippen LogP contribution in [-0.2, 0) is 19.1 Å². The highest BCUT2D eigenvalue weighted by molar-refractivity contribution is 9.10. The molecule has 1 heterocycles. The minimum absolute atomic E-state index is 0.167. The van der Waals surface area contributed by atoms with Crippen LogP contribution < -0.4 is 14.8 Å². The third kappa shape index (κ3) is 7.38. The quantitative estimate of drug-likeness (QED) is 0.281. The molecule has 1 aliphatic rings. The molecule has 0 unspecified atom stereocenters. The lowest BCUT2D eigenvalue weighted by Gasteiger charge is -2.15. The molecular weight excluding hydrogens is 576 g/mol. The van der Waals surface area contributed by atoms with Gasteiger partial charge in [-0.3, -0.25) is 24.1 Å². The summed E-state index contributed by atoms with van der Waals surface area (Å²) in [6.07, 6.45) is 1.86. The Morgan fingerprint density at radius 2 is 1.84 bits per heavy atom. The zero-order chi connectivity index (χ0) is 28.0. The number of nitrogens with one attached hydrogen (secondary N) is 1. The summed E-state index contributed by atoms with van der Waals surface area (Å²) in [4.78, 5) is 50.6. The Kier molecular flexibility index (Phi) is 9.98. The minimum atomic E-state index is -0.639. The molecule has 0 bridgehead atoms. The molecule has 38 heavy (non-hydrogen) atoms. The fourth-order valence-corrected chi connectivity index (χ4v) is 4.76. The summed E-state index contributed by atoms with van der Waals surface area (Å²) in [5.41, 5.74) is 3.37. The smallest absolute Gasteiger partial charge is 0.326 e. The van der Waals surface area contributed by atoms with Crippen LogP contribution in [0.3, 0.4) is 0 Å². The number of halogens is 1. The summed E-state index contributed by atoms with van der Waals surface area (Å²) >= 11 is 4.19. The molecular formula is C27H29BrN2O7S. The number of thioether (sulfide) groups is 1. The van der Waals surface area contributed by atoms with Crippen molar-refractivity contribution in [3.8, 4) is 11.5 Å². The SMILES string of the molecule is CC[C@H](C)OC(=O)CN1C(=O)S/C(=C/c2ccc(OCC(=O)Nc3cc(C)c(C)cc3Br)c(OC)c2)C1=O. The van der Waals surface area contributed by atoms with E-state index >= 15 is 0 Å². The van der Waals surface area contributed by atoms with Crippen LogP contribution in [-0.4, -0.2) is 54.3 Å². The van der Waals surface area contributed by atoms with E-state index in [1.165, 1.54) is 13.2 Å². The molecule has 1 atom stereocenters. The van der Waals surface area contributed by atoms with Gasteiger partial charge >= 0.3 is 5.97 Å². The average Bonchev–Trinajstić information content (AvgIpc) is 3.13. The summed E-state index contributed by atoms with van der Waals surface area (Å²) in [6.45, 7) is 6.86. The van der Waals surface area contributed by atoms with Crippen molar-refractivity contribution >= 4 is 62.5 Å². The second-order valence-electron chi connectivity index (χ2n) is 8.64. The first-order valence-electron chi connectivity index (χ1n) is 11.8. The van der Waals surface area contributed by atoms with E-state index in [2.05, 4.69) is 21.2 Å². The number of anilines is 1. The van der Waals surface area contributed by atoms with Gasteiger partial charge in [-0.15, -0.1) is 0 Å². The van der Waals surface area contributed by atoms with Crippen molar-refractivity contribution in [2.24, 2.45) is 0 Å². The Balaban J connectivity index is 1.65. The van der Waals surface area contributed by atoms with Crippen molar-refractivity contribution in [2.45, 2.75) is 40.2 Å². The molecule has 9 nitrogen and oxygen atoms in total. The number of esters is 1. The number of methoxy groups -OCH3 is 1. The lowest BCUT2D eigenvalue weighted by Crippen LogP contribution is -2.35. The van der Waals surface area contributed by atoms with Crippen LogP contribution in [0.4, 0.5) is 10.5 Å². The summed E-state index contributed by atoms with van der Waals surface area (Å²) in [5.74, 6) is -0.884. The summed E-state index contributed by atoms with van der Waals surface area (Å²) in [5, 5.41) is 2.27. The van der Waals surface area contributed by atoms with Crippen LogP contribution in [0.2, 0.25) is 0 Å². The van der Waals surface area contributed by atoms with Crippen LogP contribution in [0.1, 0.15) is 37.0 Å². The highest BCUT2D eigenvalue weighted by Crippen LogP contribution is 2.34. The Labute approximate surface area is 234 Å². The zero-order valence-electron chi connectivity index (χ0n) is 21.8. The van der Waals surface area contributed by atoms with Crippen LogP contribution in [0.25, 0.3) is 6.08 Å². The van der Waals surface area contributed by atoms with E-state index in [0.717, 1.165) is 32.3 Å². The topological polar surface area (TPSA) is 111 Å². The van der Waals surface area contributed by atoms with Crippen LogP contribution in [0.5, 0.6) is 11.5 Å². The summed E-state index contributed by atoms with van der Waals surface area (Å²) in [6, 6.07) is 8.71. The van der Waals surface area contributed by atoms with Gasteiger partial charge in [-0.1, -0.05) is 13.0 Å². The van der Waals surface area contributed by atoms with Gasteiger partial charge in [0.1, 0.15) is 6.54 Å². The molecule has 3 amide bonds. The molecule has 0 aromatic heterocycles. The molecule has 0 aliphatic carbocycles. The number of ether oxygens (including phenoxy) is 3. The fraction of sp³-hybridized carbons (Fsp3) is 0.333. The van der Waals surface area contributed by atoms with Crippen molar-refractivity contribution in [3.05, 3.63) is 56.4 Å². The van der Waals surface area contributed by atoms with E-state index in [9.17, 15) is 19.2 Å². The van der Waals surface area contributed by atoms with Gasteiger partial charge in [-0.25, -0.2) is 0 Å². The van der Waals surface area contributed by atoms with Gasteiger partial charge in [-0.05, 0) is 102 Å². The average molecular weight is 606 g/mol. The first-order valence-corrected chi connectivity index (χ1v) is 13.5. The van der Waals surface area contributed by atoms with Crippen molar-refractivity contribution < 1.29 is 33.4 Å². The lowest BCUT2D eigenvalue weighted by molar-refractivity contribution is -0.150. The Hall–Kier alpha value is -3.31. The second kappa shape index (κ2) is 13.0. The lowest BCUT2D eigenvalue weighted by atomic mass is 10.1. The predicted molar refractivity (Wildman–Crippen MR) is 149 cm³/mol. The third-order valence-corrected chi connectivity index (χ3v) is 7.33. The molecule has 0 radical (unpaired) electrons. The van der Waals surface area contributed by atoms with E-state index in [-0.39, 0.29) is 23.5 Å². The van der Waals surface area contributed by atoms with Gasteiger partial charge in [0.2, 0.25) is 0 Å². The van der Waals surface area contributed by atoms with E-state index in [1.807, 2.05) is 32.9 Å². The molecule has 202 valence electrons. The van der Waals surface area contributed by atoms with Crippen LogP contribution in [0, 0.1) is 13.8 Å². The van der Waals surface area contributed by atoms with Gasteiger partial charge in [0.25, 0.3) is 17.1 Å². The van der Waals surface area contributed by atoms with Gasteiger partial charge in [0.15, 0.2) is 18.1 Å². The highest BCUT2D eigenvalue weighted by atomic mass is 79.9. The number of benzene rings is 2. The van der Waals surface area contributed by atoms with Gasteiger partial charge in [-0.2, -0.15) is 0 Å². The third-order valence-electron chi connectivity index (χ3n) is 5.77. The van der Waals surface area contributed by atoms with Crippen molar-refractivity contribution in [1.29, 1.82) is 0 Å². The van der Waals surface area contributed by atoms with E-state index < -0.39 is 23.7 Å². The number of aryl methyl sites for hydroxylation is 2. The fourth-order valence-electron chi connectivity index (χ4n) is 3.36. The zero-order valence-corrected chi connectivity index (χ0v) is 24.2. The Bertz CT molecular complexity index is 1290. The minimum Gasteiger partial charge on any atom is -0.493 e.